The van der Waals surface area contributed by atoms with E-state index in [2.05, 4.69) is 17.2 Å². The van der Waals surface area contributed by atoms with Gasteiger partial charge in [0.2, 0.25) is 5.91 Å². The molecule has 1 unspecified atom stereocenters. The summed E-state index contributed by atoms with van der Waals surface area (Å²) in [7, 11) is 0. The molecule has 0 radical (unpaired) electrons. The zero-order chi connectivity index (χ0) is 21.4. The fraction of sp³-hybridized carbons (Fsp3) is 0.333. The van der Waals surface area contributed by atoms with Crippen molar-refractivity contribution in [2.75, 3.05) is 5.32 Å². The number of aryl methyl sites for hydroxylation is 1. The molecule has 1 N–H and O–H groups in total. The Hall–Kier alpha value is -2.79. The van der Waals surface area contributed by atoms with Crippen molar-refractivity contribution < 1.29 is 9.59 Å². The summed E-state index contributed by atoms with van der Waals surface area (Å²) in [6.07, 6.45) is 1.21. The number of anilines is 1. The Morgan fingerprint density at radius 1 is 1.13 bits per heavy atom. The van der Waals surface area contributed by atoms with Crippen molar-refractivity contribution in [2.45, 2.75) is 39.5 Å². The highest BCUT2D eigenvalue weighted by Crippen LogP contribution is 2.45. The van der Waals surface area contributed by atoms with Gasteiger partial charge in [-0.2, -0.15) is 0 Å². The Morgan fingerprint density at radius 2 is 1.90 bits per heavy atom. The summed E-state index contributed by atoms with van der Waals surface area (Å²) in [6.45, 7) is 5.79. The van der Waals surface area contributed by atoms with Gasteiger partial charge in [-0.1, -0.05) is 36.7 Å². The average Bonchev–Trinajstić information content (AvgIpc) is 2.66. The van der Waals surface area contributed by atoms with Gasteiger partial charge in [-0.25, -0.2) is 4.98 Å². The van der Waals surface area contributed by atoms with Crippen molar-refractivity contribution in [1.29, 1.82) is 0 Å². The lowest BCUT2D eigenvalue weighted by atomic mass is 9.70. The third-order valence-electron chi connectivity index (χ3n) is 5.72. The third-order valence-corrected chi connectivity index (χ3v) is 5.96. The number of nitrogens with zero attached hydrogens (tertiary/aromatic N) is 2. The quantitative estimate of drug-likeness (QED) is 0.748. The molecule has 0 bridgehead atoms. The predicted molar refractivity (Wildman–Crippen MR) is 119 cm³/mol. The number of carbonyl (C=O) groups excluding carboxylic acids is 2. The molecule has 0 saturated carbocycles. The minimum absolute atomic E-state index is 0.0662. The Morgan fingerprint density at radius 3 is 2.63 bits per heavy atom. The van der Waals surface area contributed by atoms with E-state index in [9.17, 15) is 9.59 Å². The first-order chi connectivity index (χ1) is 14.3. The van der Waals surface area contributed by atoms with Crippen molar-refractivity contribution in [1.82, 2.24) is 4.98 Å². The molecule has 1 aliphatic heterocycles. The zero-order valence-corrected chi connectivity index (χ0v) is 18.0. The van der Waals surface area contributed by atoms with Gasteiger partial charge in [-0.05, 0) is 56.0 Å². The van der Waals surface area contributed by atoms with Crippen LogP contribution in [0.5, 0.6) is 0 Å². The summed E-state index contributed by atoms with van der Waals surface area (Å²) < 4.78 is 0. The fourth-order valence-electron chi connectivity index (χ4n) is 4.47. The van der Waals surface area contributed by atoms with E-state index < -0.39 is 11.8 Å². The smallest absolute Gasteiger partial charge is 0.235 e. The number of carbonyl (C=O) groups is 2. The monoisotopic (exact) mass is 421 g/mol. The van der Waals surface area contributed by atoms with E-state index in [1.54, 1.807) is 12.1 Å². The lowest BCUT2D eigenvalue weighted by molar-refractivity contribution is -0.119. The van der Waals surface area contributed by atoms with Crippen LogP contribution in [0.15, 0.2) is 58.7 Å². The zero-order valence-electron chi connectivity index (χ0n) is 17.3. The first-order valence-corrected chi connectivity index (χ1v) is 10.5. The van der Waals surface area contributed by atoms with E-state index in [1.165, 1.54) is 0 Å². The van der Waals surface area contributed by atoms with E-state index in [0.29, 0.717) is 28.5 Å². The molecule has 0 saturated heterocycles. The van der Waals surface area contributed by atoms with Crippen LogP contribution >= 0.6 is 11.6 Å². The number of pyridine rings is 1. The molecule has 2 heterocycles. The maximum absolute atomic E-state index is 13.4. The molecule has 30 heavy (non-hydrogen) atoms. The second-order valence-electron chi connectivity index (χ2n) is 8.21. The molecule has 0 fully saturated rings. The maximum atomic E-state index is 13.4. The second kappa shape index (κ2) is 8.15. The van der Waals surface area contributed by atoms with Gasteiger partial charge in [0.25, 0.3) is 0 Å². The Kier molecular flexibility index (Phi) is 5.56. The number of Topliss-reactive ketones (excluding diaryl/α,β-unsaturated/α-hetero) is 1. The molecule has 3 atom stereocenters. The summed E-state index contributed by atoms with van der Waals surface area (Å²) in [5.74, 6) is -0.452. The van der Waals surface area contributed by atoms with Gasteiger partial charge in [0.15, 0.2) is 5.78 Å². The summed E-state index contributed by atoms with van der Waals surface area (Å²) in [5.41, 5.74) is 3.82. The summed E-state index contributed by atoms with van der Waals surface area (Å²) >= 11 is 6.27. The average molecular weight is 422 g/mol. The van der Waals surface area contributed by atoms with Gasteiger partial charge in [0, 0.05) is 40.0 Å². The maximum Gasteiger partial charge on any atom is 0.235 e. The first-order valence-electron chi connectivity index (χ1n) is 10.1. The molecule has 2 aliphatic rings. The molecule has 154 valence electrons. The number of allylic oxidation sites excluding steroid dienone is 2. The van der Waals surface area contributed by atoms with Crippen molar-refractivity contribution in [3.05, 3.63) is 70.0 Å². The molecule has 1 aliphatic carbocycles. The van der Waals surface area contributed by atoms with Crippen molar-refractivity contribution in [3.63, 3.8) is 0 Å². The molecular formula is C24H24ClN3O2. The molecule has 2 aromatic rings. The van der Waals surface area contributed by atoms with Gasteiger partial charge in [0.1, 0.15) is 5.82 Å². The number of halogens is 1. The van der Waals surface area contributed by atoms with Gasteiger partial charge in [-0.3, -0.25) is 14.6 Å². The molecule has 1 aromatic carbocycles. The number of rotatable bonds is 3. The molecule has 1 amide bonds. The van der Waals surface area contributed by atoms with E-state index in [4.69, 9.17) is 16.6 Å². The topological polar surface area (TPSA) is 71.4 Å². The van der Waals surface area contributed by atoms with Gasteiger partial charge in [0.05, 0.1) is 5.92 Å². The number of hydrogen-bond acceptors (Lipinski definition) is 4. The van der Waals surface area contributed by atoms with E-state index in [0.717, 1.165) is 23.4 Å². The third kappa shape index (κ3) is 3.94. The SMILES string of the molecule is CC1=NC2=C(C(=O)C[C@@H](C)C2)[C@@H](c2cccc(Cl)c2)C1C(=O)Nc1cccc(C)n1. The van der Waals surface area contributed by atoms with E-state index >= 15 is 0 Å². The first kappa shape index (κ1) is 20.5. The highest BCUT2D eigenvalue weighted by atomic mass is 35.5. The van der Waals surface area contributed by atoms with Crippen LogP contribution in [0, 0.1) is 18.8 Å². The van der Waals surface area contributed by atoms with Crippen LogP contribution in [-0.4, -0.2) is 22.4 Å². The minimum atomic E-state index is -0.609. The van der Waals surface area contributed by atoms with Crippen LogP contribution in [-0.2, 0) is 9.59 Å². The van der Waals surface area contributed by atoms with Gasteiger partial charge < -0.3 is 5.32 Å². The lowest BCUT2D eigenvalue weighted by Gasteiger charge is -2.36. The number of amides is 1. The molecule has 0 spiro atoms. The predicted octanol–water partition coefficient (Wildman–Crippen LogP) is 5.11. The molecule has 5 nitrogen and oxygen atoms in total. The summed E-state index contributed by atoms with van der Waals surface area (Å²) in [5, 5.41) is 3.49. The Balaban J connectivity index is 1.79. The number of hydrogen-bond donors (Lipinski definition) is 1. The molecular weight excluding hydrogens is 398 g/mol. The minimum Gasteiger partial charge on any atom is -0.310 e. The Bertz CT molecular complexity index is 1090. The van der Waals surface area contributed by atoms with Crippen molar-refractivity contribution in [3.8, 4) is 0 Å². The van der Waals surface area contributed by atoms with Crippen LogP contribution in [0.1, 0.15) is 43.9 Å². The number of nitrogens with one attached hydrogen (secondary N) is 1. The highest BCUT2D eigenvalue weighted by Gasteiger charge is 2.43. The van der Waals surface area contributed by atoms with Crippen molar-refractivity contribution in [2.24, 2.45) is 16.8 Å². The standard InChI is InChI=1S/C24H24ClN3O2/c1-13-10-18-23(19(29)11-13)22(16-7-5-8-17(25)12-16)21(15(3)27-18)24(30)28-20-9-4-6-14(2)26-20/h4-9,12-13,21-22H,10-11H2,1-3H3,(H,26,28,30)/t13-,21?,22-/m0/s1. The number of aromatic nitrogens is 1. The lowest BCUT2D eigenvalue weighted by Crippen LogP contribution is -2.39. The van der Waals surface area contributed by atoms with Gasteiger partial charge in [-0.15, -0.1) is 0 Å². The van der Waals surface area contributed by atoms with Crippen LogP contribution in [0.4, 0.5) is 5.82 Å². The molecule has 6 heteroatoms. The van der Waals surface area contributed by atoms with E-state index in [1.807, 2.05) is 44.2 Å². The number of aliphatic imine (C=N–C) groups is 1. The number of benzene rings is 1. The van der Waals surface area contributed by atoms with Crippen LogP contribution in [0.25, 0.3) is 0 Å². The fourth-order valence-corrected chi connectivity index (χ4v) is 4.66. The van der Waals surface area contributed by atoms with Crippen LogP contribution < -0.4 is 5.32 Å². The summed E-state index contributed by atoms with van der Waals surface area (Å²) in [4.78, 5) is 35.6. The molecule has 1 aromatic heterocycles. The number of ketones is 1. The Labute approximate surface area is 181 Å². The second-order valence-corrected chi connectivity index (χ2v) is 8.65. The molecule has 4 rings (SSSR count). The normalized spacial score (nSPS) is 23.7. The van der Waals surface area contributed by atoms with Gasteiger partial charge >= 0.3 is 0 Å². The summed E-state index contributed by atoms with van der Waals surface area (Å²) in [6, 6.07) is 12.9. The van der Waals surface area contributed by atoms with E-state index in [-0.39, 0.29) is 17.6 Å². The van der Waals surface area contributed by atoms with Crippen LogP contribution in [0.3, 0.4) is 0 Å². The van der Waals surface area contributed by atoms with Crippen molar-refractivity contribution >= 4 is 34.8 Å². The largest absolute Gasteiger partial charge is 0.310 e. The highest BCUT2D eigenvalue weighted by molar-refractivity contribution is 6.30. The van der Waals surface area contributed by atoms with Crippen LogP contribution in [0.2, 0.25) is 5.02 Å².